The van der Waals surface area contributed by atoms with E-state index in [4.69, 9.17) is 0 Å². The van der Waals surface area contributed by atoms with Gasteiger partial charge < -0.3 is 10.4 Å². The van der Waals surface area contributed by atoms with E-state index in [2.05, 4.69) is 37.3 Å². The lowest BCUT2D eigenvalue weighted by molar-refractivity contribution is -0.128. The minimum absolute atomic E-state index is 0.0541. The maximum Gasteiger partial charge on any atom is 0.251 e. The van der Waals surface area contributed by atoms with Gasteiger partial charge in [-0.3, -0.25) is 24.4 Å². The SMILES string of the molecule is CC(C)(C)c1ccc(N(C(=O)[C@H]2C[C@@](C)(O)CN2C#N)C(C(=O)NC2CCCCC2)c2cccnc2)cc1. The molecule has 2 aliphatic rings. The lowest BCUT2D eigenvalue weighted by Crippen LogP contribution is -2.51. The Morgan fingerprint density at radius 1 is 1.18 bits per heavy atom. The first-order chi connectivity index (χ1) is 18.0. The number of benzene rings is 1. The molecule has 0 radical (unpaired) electrons. The summed E-state index contributed by atoms with van der Waals surface area (Å²) in [5, 5.41) is 23.7. The molecule has 0 bridgehead atoms. The number of aromatic nitrogens is 1. The maximum absolute atomic E-state index is 14.3. The number of nitrogens with zero attached hydrogens (tertiary/aromatic N) is 4. The van der Waals surface area contributed by atoms with Gasteiger partial charge in [0.25, 0.3) is 5.91 Å². The van der Waals surface area contributed by atoms with Gasteiger partial charge >= 0.3 is 0 Å². The number of β-amino-alcohol motifs (C(OH)–C–C–N with tert-alkyl or cyclic N) is 1. The average molecular weight is 518 g/mol. The molecular weight excluding hydrogens is 478 g/mol. The molecule has 2 N–H and O–H groups in total. The standard InChI is InChI=1S/C30H39N5O3/c1-29(2,3)22-12-14-24(15-13-22)35(28(37)25-17-30(4,38)19-34(25)20-31)26(21-9-8-16-32-18-21)27(36)33-23-10-6-5-7-11-23/h8-9,12-16,18,23,25-26,38H,5-7,10-11,17,19H2,1-4H3,(H,33,36)/t25-,26?,30-/m1/s1. The van der Waals surface area contributed by atoms with Crippen LogP contribution in [0, 0.1) is 11.5 Å². The normalized spacial score (nSPS) is 22.9. The Bertz CT molecular complexity index is 1160. The van der Waals surface area contributed by atoms with Crippen molar-refractivity contribution in [3.05, 3.63) is 59.9 Å². The molecular formula is C30H39N5O3. The Morgan fingerprint density at radius 3 is 2.45 bits per heavy atom. The smallest absolute Gasteiger partial charge is 0.251 e. The highest BCUT2D eigenvalue weighted by Gasteiger charge is 2.47. The number of likely N-dealkylation sites (tertiary alicyclic amines) is 1. The monoisotopic (exact) mass is 517 g/mol. The second-order valence-corrected chi connectivity index (χ2v) is 12.0. The zero-order chi connectivity index (χ0) is 27.5. The molecule has 2 amide bonds. The van der Waals surface area contributed by atoms with Crippen LogP contribution < -0.4 is 10.2 Å². The topological polar surface area (TPSA) is 110 Å². The number of hydrogen-bond donors (Lipinski definition) is 2. The molecule has 3 atom stereocenters. The van der Waals surface area contributed by atoms with Crippen molar-refractivity contribution in [2.24, 2.45) is 0 Å². The third-order valence-electron chi connectivity index (χ3n) is 7.64. The lowest BCUT2D eigenvalue weighted by atomic mass is 9.87. The van der Waals surface area contributed by atoms with Gasteiger partial charge in [-0.1, -0.05) is 58.2 Å². The predicted molar refractivity (Wildman–Crippen MR) is 146 cm³/mol. The number of rotatable bonds is 6. The second-order valence-electron chi connectivity index (χ2n) is 12.0. The molecule has 2 aromatic rings. The van der Waals surface area contributed by atoms with E-state index < -0.39 is 23.6 Å². The van der Waals surface area contributed by atoms with Gasteiger partial charge in [0.1, 0.15) is 12.1 Å². The Morgan fingerprint density at radius 2 is 1.87 bits per heavy atom. The van der Waals surface area contributed by atoms with Gasteiger partial charge in [0, 0.05) is 36.1 Å². The zero-order valence-electron chi connectivity index (χ0n) is 22.9. The first-order valence-electron chi connectivity index (χ1n) is 13.5. The zero-order valence-corrected chi connectivity index (χ0v) is 22.9. The molecule has 1 aromatic carbocycles. The summed E-state index contributed by atoms with van der Waals surface area (Å²) in [5.41, 5.74) is 0.963. The van der Waals surface area contributed by atoms with Crippen molar-refractivity contribution in [2.45, 2.75) is 95.4 Å². The van der Waals surface area contributed by atoms with Crippen molar-refractivity contribution in [1.29, 1.82) is 5.26 Å². The molecule has 8 heteroatoms. The molecule has 1 aliphatic heterocycles. The number of carbonyl (C=O) groups excluding carboxylic acids is 2. The van der Waals surface area contributed by atoms with Crippen LogP contribution in [0.25, 0.3) is 0 Å². The van der Waals surface area contributed by atoms with E-state index in [9.17, 15) is 20.0 Å². The highest BCUT2D eigenvalue weighted by atomic mass is 16.3. The Kier molecular flexibility index (Phi) is 8.08. The Hall–Kier alpha value is -3.44. The molecule has 1 saturated heterocycles. The van der Waals surface area contributed by atoms with E-state index >= 15 is 0 Å². The van der Waals surface area contributed by atoms with E-state index in [1.807, 2.05) is 24.3 Å². The summed E-state index contributed by atoms with van der Waals surface area (Å²) in [4.78, 5) is 35.4. The van der Waals surface area contributed by atoms with E-state index in [1.54, 1.807) is 31.5 Å². The molecule has 38 heavy (non-hydrogen) atoms. The molecule has 1 unspecified atom stereocenters. The van der Waals surface area contributed by atoms with Crippen LogP contribution in [-0.4, -0.2) is 51.0 Å². The molecule has 1 aliphatic carbocycles. The lowest BCUT2D eigenvalue weighted by Gasteiger charge is -2.35. The summed E-state index contributed by atoms with van der Waals surface area (Å²) in [5.74, 6) is -0.674. The fourth-order valence-corrected chi connectivity index (χ4v) is 5.56. The number of pyridine rings is 1. The number of hydrogen-bond acceptors (Lipinski definition) is 6. The molecule has 1 aromatic heterocycles. The van der Waals surface area contributed by atoms with Crippen LogP contribution in [0.1, 0.15) is 83.4 Å². The summed E-state index contributed by atoms with van der Waals surface area (Å²) in [6.45, 7) is 8.04. The fraction of sp³-hybridized carbons (Fsp3) is 0.533. The Labute approximate surface area is 225 Å². The molecule has 8 nitrogen and oxygen atoms in total. The predicted octanol–water partition coefficient (Wildman–Crippen LogP) is 4.21. The number of amides is 2. The maximum atomic E-state index is 14.3. The van der Waals surface area contributed by atoms with Crippen LogP contribution in [0.5, 0.6) is 0 Å². The van der Waals surface area contributed by atoms with Crippen molar-refractivity contribution in [1.82, 2.24) is 15.2 Å². The first kappa shape index (κ1) is 27.6. The quantitative estimate of drug-likeness (QED) is 0.556. The van der Waals surface area contributed by atoms with Crippen molar-refractivity contribution in [2.75, 3.05) is 11.4 Å². The minimum Gasteiger partial charge on any atom is -0.388 e. The highest BCUT2D eigenvalue weighted by molar-refractivity contribution is 6.04. The van der Waals surface area contributed by atoms with Gasteiger partial charge in [-0.25, -0.2) is 0 Å². The first-order valence-corrected chi connectivity index (χ1v) is 13.5. The largest absolute Gasteiger partial charge is 0.388 e. The van der Waals surface area contributed by atoms with Gasteiger partial charge in [-0.05, 0) is 48.9 Å². The van der Waals surface area contributed by atoms with Crippen molar-refractivity contribution in [3.63, 3.8) is 0 Å². The number of carbonyl (C=O) groups is 2. The average Bonchev–Trinajstić information content (AvgIpc) is 3.22. The summed E-state index contributed by atoms with van der Waals surface area (Å²) in [6.07, 6.45) is 10.5. The molecule has 0 spiro atoms. The number of nitrogens with one attached hydrogen (secondary N) is 1. The minimum atomic E-state index is -1.19. The van der Waals surface area contributed by atoms with Crippen LogP contribution in [0.4, 0.5) is 5.69 Å². The molecule has 2 heterocycles. The van der Waals surface area contributed by atoms with Gasteiger partial charge in [-0.15, -0.1) is 0 Å². The van der Waals surface area contributed by atoms with Crippen LogP contribution >= 0.6 is 0 Å². The summed E-state index contributed by atoms with van der Waals surface area (Å²) in [6, 6.07) is 9.41. The number of anilines is 1. The summed E-state index contributed by atoms with van der Waals surface area (Å²) < 4.78 is 0. The van der Waals surface area contributed by atoms with Crippen molar-refractivity contribution < 1.29 is 14.7 Å². The molecule has 4 rings (SSSR count). The number of nitriles is 1. The van der Waals surface area contributed by atoms with E-state index in [0.717, 1.165) is 37.7 Å². The Balaban J connectivity index is 1.80. The van der Waals surface area contributed by atoms with Crippen LogP contribution in [0.2, 0.25) is 0 Å². The van der Waals surface area contributed by atoms with Crippen LogP contribution in [0.3, 0.4) is 0 Å². The highest BCUT2D eigenvalue weighted by Crippen LogP contribution is 2.35. The molecule has 1 saturated carbocycles. The van der Waals surface area contributed by atoms with Gasteiger partial charge in [-0.2, -0.15) is 5.26 Å². The van der Waals surface area contributed by atoms with E-state index in [1.165, 1.54) is 9.80 Å². The van der Waals surface area contributed by atoms with Gasteiger partial charge in [0.15, 0.2) is 6.19 Å². The third-order valence-corrected chi connectivity index (χ3v) is 7.64. The summed E-state index contributed by atoms with van der Waals surface area (Å²) >= 11 is 0. The van der Waals surface area contributed by atoms with Gasteiger partial charge in [0.2, 0.25) is 5.91 Å². The van der Waals surface area contributed by atoms with E-state index in [-0.39, 0.29) is 30.3 Å². The van der Waals surface area contributed by atoms with Crippen LogP contribution in [-0.2, 0) is 15.0 Å². The third kappa shape index (κ3) is 6.16. The summed E-state index contributed by atoms with van der Waals surface area (Å²) in [7, 11) is 0. The molecule has 202 valence electrons. The molecule has 2 fully saturated rings. The fourth-order valence-electron chi connectivity index (χ4n) is 5.56. The van der Waals surface area contributed by atoms with Crippen molar-refractivity contribution in [3.8, 4) is 6.19 Å². The van der Waals surface area contributed by atoms with E-state index in [0.29, 0.717) is 11.3 Å². The van der Waals surface area contributed by atoms with Gasteiger partial charge in [0.05, 0.1) is 12.1 Å². The van der Waals surface area contributed by atoms with Crippen molar-refractivity contribution >= 4 is 17.5 Å². The second kappa shape index (κ2) is 11.1. The number of aliphatic hydroxyl groups is 1. The van der Waals surface area contributed by atoms with Crippen LogP contribution in [0.15, 0.2) is 48.8 Å².